The fourth-order valence-corrected chi connectivity index (χ4v) is 4.39. The highest BCUT2D eigenvalue weighted by atomic mass is 35.5. The first-order chi connectivity index (χ1) is 19.1. The van der Waals surface area contributed by atoms with Crippen LogP contribution in [-0.4, -0.2) is 25.3 Å². The van der Waals surface area contributed by atoms with Crippen LogP contribution in [0.15, 0.2) is 78.9 Å². The third-order valence-electron chi connectivity index (χ3n) is 5.80. The number of halogens is 5. The second-order valence-electron chi connectivity index (χ2n) is 8.80. The van der Waals surface area contributed by atoms with Crippen LogP contribution in [0.3, 0.4) is 0 Å². The van der Waals surface area contributed by atoms with Gasteiger partial charge in [0.25, 0.3) is 0 Å². The molecular formula is C30H25Cl2F3O5. The van der Waals surface area contributed by atoms with Gasteiger partial charge in [0.2, 0.25) is 0 Å². The molecule has 0 spiro atoms. The average Bonchev–Trinajstić information content (AvgIpc) is 2.92. The first-order valence-electron chi connectivity index (χ1n) is 12.3. The van der Waals surface area contributed by atoms with Gasteiger partial charge in [-0.3, -0.25) is 0 Å². The van der Waals surface area contributed by atoms with Crippen molar-refractivity contribution in [3.63, 3.8) is 0 Å². The molecule has 4 aromatic carbocycles. The molecule has 0 aliphatic rings. The van der Waals surface area contributed by atoms with E-state index in [1.165, 1.54) is 0 Å². The molecule has 4 rings (SSSR count). The Kier molecular flexibility index (Phi) is 9.79. The number of ether oxygens (including phenoxy) is 4. The number of fused-ring (bicyclic) bond motifs is 1. The van der Waals surface area contributed by atoms with Crippen molar-refractivity contribution in [2.75, 3.05) is 13.2 Å². The number of carbonyl (C=O) groups is 1. The normalized spacial score (nSPS) is 12.2. The molecular weight excluding hydrogens is 568 g/mol. The van der Waals surface area contributed by atoms with Crippen LogP contribution in [0.1, 0.15) is 24.5 Å². The first kappa shape index (κ1) is 29.5. The summed E-state index contributed by atoms with van der Waals surface area (Å²) in [6, 6.07) is 21.4. The Balaban J connectivity index is 1.38. The molecule has 0 radical (unpaired) electrons. The molecule has 0 aliphatic carbocycles. The van der Waals surface area contributed by atoms with Gasteiger partial charge in [-0.05, 0) is 36.8 Å². The van der Waals surface area contributed by atoms with E-state index >= 15 is 0 Å². The van der Waals surface area contributed by atoms with Crippen molar-refractivity contribution in [3.05, 3.63) is 100 Å². The summed E-state index contributed by atoms with van der Waals surface area (Å²) < 4.78 is 61.9. The molecule has 5 nitrogen and oxygen atoms in total. The lowest BCUT2D eigenvalue weighted by atomic mass is 10.1. The van der Waals surface area contributed by atoms with E-state index in [4.69, 9.17) is 42.1 Å². The topological polar surface area (TPSA) is 54.0 Å². The van der Waals surface area contributed by atoms with Crippen molar-refractivity contribution in [2.24, 2.45) is 0 Å². The van der Waals surface area contributed by atoms with E-state index in [0.717, 1.165) is 17.7 Å². The minimum Gasteiger partial charge on any atom is -0.478 e. The van der Waals surface area contributed by atoms with Gasteiger partial charge in [-0.15, -0.1) is 0 Å². The Bertz CT molecular complexity index is 1440. The average molecular weight is 593 g/mol. The monoisotopic (exact) mass is 592 g/mol. The number of benzene rings is 4. The number of alkyl halides is 3. The summed E-state index contributed by atoms with van der Waals surface area (Å²) in [5.41, 5.74) is 0.0831. The van der Waals surface area contributed by atoms with Crippen molar-refractivity contribution in [2.45, 2.75) is 32.2 Å². The van der Waals surface area contributed by atoms with Gasteiger partial charge in [0.05, 0.1) is 35.4 Å². The highest BCUT2D eigenvalue weighted by Crippen LogP contribution is 2.43. The Labute approximate surface area is 239 Å². The van der Waals surface area contributed by atoms with Gasteiger partial charge in [0, 0.05) is 17.2 Å². The van der Waals surface area contributed by atoms with E-state index in [1.54, 1.807) is 43.3 Å². The molecule has 40 heavy (non-hydrogen) atoms. The Morgan fingerprint density at radius 1 is 0.850 bits per heavy atom. The van der Waals surface area contributed by atoms with Crippen LogP contribution >= 0.6 is 23.2 Å². The summed E-state index contributed by atoms with van der Waals surface area (Å²) >= 11 is 12.2. The fraction of sp³-hybridized carbons (Fsp3) is 0.233. The molecule has 0 N–H and O–H groups in total. The van der Waals surface area contributed by atoms with E-state index in [1.807, 2.05) is 30.3 Å². The van der Waals surface area contributed by atoms with Crippen LogP contribution in [-0.2, 0) is 27.1 Å². The summed E-state index contributed by atoms with van der Waals surface area (Å²) in [6.07, 6.45) is -4.97. The minimum atomic E-state index is -4.61. The van der Waals surface area contributed by atoms with Gasteiger partial charge in [-0.2, -0.15) is 13.2 Å². The lowest BCUT2D eigenvalue weighted by Gasteiger charge is -2.17. The van der Waals surface area contributed by atoms with Gasteiger partial charge in [-0.1, -0.05) is 77.8 Å². The van der Waals surface area contributed by atoms with Crippen LogP contribution in [0.2, 0.25) is 10.0 Å². The van der Waals surface area contributed by atoms with Gasteiger partial charge >= 0.3 is 12.1 Å². The zero-order chi connectivity index (χ0) is 28.7. The Morgan fingerprint density at radius 3 is 2.12 bits per heavy atom. The SMILES string of the molecule is CC(Oc1cccc2c(Oc3c(Cl)cc(C(F)(F)F)cc3Cl)cccc12)C(=O)OCCCOCc1ccccc1. The molecule has 0 aromatic heterocycles. The molecule has 0 fully saturated rings. The summed E-state index contributed by atoms with van der Waals surface area (Å²) in [4.78, 5) is 12.5. The number of carbonyl (C=O) groups excluding carboxylic acids is 1. The van der Waals surface area contributed by atoms with Gasteiger partial charge in [0.15, 0.2) is 11.9 Å². The molecule has 1 unspecified atom stereocenters. The predicted molar refractivity (Wildman–Crippen MR) is 147 cm³/mol. The standard InChI is InChI=1S/C30H25Cl2F3O5/c1-19(29(36)38-15-7-14-37-18-20-8-3-2-4-9-20)39-26-12-5-11-23-22(26)10-6-13-27(23)40-28-24(31)16-21(17-25(28)32)30(33,34)35/h2-6,8-13,16-17,19H,7,14-15,18H2,1H3. The minimum absolute atomic E-state index is 0.111. The Morgan fingerprint density at radius 2 is 1.48 bits per heavy atom. The molecule has 10 heteroatoms. The summed E-state index contributed by atoms with van der Waals surface area (Å²) in [7, 11) is 0. The first-order valence-corrected chi connectivity index (χ1v) is 13.1. The molecule has 0 heterocycles. The van der Waals surface area contributed by atoms with E-state index in [9.17, 15) is 18.0 Å². The molecule has 0 aliphatic heterocycles. The summed E-state index contributed by atoms with van der Waals surface area (Å²) in [6.45, 7) is 2.69. The van der Waals surface area contributed by atoms with Crippen LogP contribution in [0, 0.1) is 0 Å². The van der Waals surface area contributed by atoms with Crippen LogP contribution in [0.4, 0.5) is 13.2 Å². The lowest BCUT2D eigenvalue weighted by molar-refractivity contribution is -0.151. The second kappa shape index (κ2) is 13.3. The van der Waals surface area contributed by atoms with Crippen molar-refractivity contribution in [1.29, 1.82) is 0 Å². The lowest BCUT2D eigenvalue weighted by Crippen LogP contribution is -2.26. The maximum absolute atomic E-state index is 13.1. The van der Waals surface area contributed by atoms with E-state index in [-0.39, 0.29) is 28.2 Å². The molecule has 0 saturated heterocycles. The van der Waals surface area contributed by atoms with Crippen LogP contribution in [0.25, 0.3) is 10.8 Å². The maximum atomic E-state index is 13.1. The third kappa shape index (κ3) is 7.59. The Hall–Kier alpha value is -3.46. The third-order valence-corrected chi connectivity index (χ3v) is 6.37. The van der Waals surface area contributed by atoms with Crippen molar-refractivity contribution in [3.8, 4) is 17.2 Å². The molecule has 0 bridgehead atoms. The second-order valence-corrected chi connectivity index (χ2v) is 9.61. The van der Waals surface area contributed by atoms with E-state index < -0.39 is 23.8 Å². The van der Waals surface area contributed by atoms with Crippen LogP contribution < -0.4 is 9.47 Å². The number of hydrogen-bond donors (Lipinski definition) is 0. The molecule has 0 saturated carbocycles. The van der Waals surface area contributed by atoms with Gasteiger partial charge in [0.1, 0.15) is 11.5 Å². The zero-order valence-corrected chi connectivity index (χ0v) is 22.9. The highest BCUT2D eigenvalue weighted by molar-refractivity contribution is 6.37. The van der Waals surface area contributed by atoms with Crippen molar-refractivity contribution in [1.82, 2.24) is 0 Å². The predicted octanol–water partition coefficient (Wildman–Crippen LogP) is 8.88. The van der Waals surface area contributed by atoms with E-state index in [2.05, 4.69) is 0 Å². The van der Waals surface area contributed by atoms with E-state index in [0.29, 0.717) is 36.2 Å². The number of rotatable bonds is 11. The van der Waals surface area contributed by atoms with Gasteiger partial charge < -0.3 is 18.9 Å². The number of esters is 1. The fourth-order valence-electron chi connectivity index (χ4n) is 3.83. The quantitative estimate of drug-likeness (QED) is 0.128. The largest absolute Gasteiger partial charge is 0.478 e. The molecule has 1 atom stereocenters. The smallest absolute Gasteiger partial charge is 0.416 e. The molecule has 4 aromatic rings. The number of hydrogen-bond acceptors (Lipinski definition) is 5. The summed E-state index contributed by atoms with van der Waals surface area (Å²) in [5, 5.41) is 0.605. The zero-order valence-electron chi connectivity index (χ0n) is 21.3. The molecule has 0 amide bonds. The van der Waals surface area contributed by atoms with Gasteiger partial charge in [-0.25, -0.2) is 4.79 Å². The van der Waals surface area contributed by atoms with Crippen molar-refractivity contribution >= 4 is 39.9 Å². The highest BCUT2D eigenvalue weighted by Gasteiger charge is 2.32. The van der Waals surface area contributed by atoms with Crippen molar-refractivity contribution < 1.29 is 36.9 Å². The molecule has 210 valence electrons. The maximum Gasteiger partial charge on any atom is 0.416 e. The summed E-state index contributed by atoms with van der Waals surface area (Å²) in [5.74, 6) is 0.0380. The van der Waals surface area contributed by atoms with Crippen LogP contribution in [0.5, 0.6) is 17.2 Å².